The summed E-state index contributed by atoms with van der Waals surface area (Å²) in [6.07, 6.45) is 2.91. The highest BCUT2D eigenvalue weighted by molar-refractivity contribution is 7.16. The average molecular weight is 542 g/mol. The first-order valence-electron chi connectivity index (χ1n) is 12.5. The third kappa shape index (κ3) is 8.18. The lowest BCUT2D eigenvalue weighted by Crippen LogP contribution is -2.47. The van der Waals surface area contributed by atoms with Gasteiger partial charge in [-0.1, -0.05) is 37.6 Å². The summed E-state index contributed by atoms with van der Waals surface area (Å²) in [7, 11) is 1.62. The van der Waals surface area contributed by atoms with Crippen molar-refractivity contribution in [3.05, 3.63) is 94.5 Å². The van der Waals surface area contributed by atoms with Crippen LogP contribution in [0.4, 0.5) is 14.5 Å². The summed E-state index contributed by atoms with van der Waals surface area (Å²) in [5.74, 6) is -2.02. The first kappa shape index (κ1) is 28.9. The number of aromatic nitrogens is 1. The standard InChI is InChI=1S/C20H19F2N3O2S.C10H14.2H2/c1-12(26)24-17(5-3-13-7-14(21)9-15(22)8-13)20(27)25(2)16-4-6-19-18(10-16)23-11-28-19;1-3-6-10-8-5-4-7-9(10)2;;/h4,6-11,17H,3,5H2,1-2H3,(H,24,26);4-5,7-8H,3,6H2,1-2H3;2*1H/t17-;;;/m0.../s1. The Morgan fingerprint density at radius 1 is 1.05 bits per heavy atom. The van der Waals surface area contributed by atoms with Gasteiger partial charge in [0.1, 0.15) is 17.7 Å². The van der Waals surface area contributed by atoms with E-state index in [2.05, 4.69) is 48.4 Å². The molecule has 4 aromatic rings. The van der Waals surface area contributed by atoms with E-state index in [0.29, 0.717) is 11.3 Å². The van der Waals surface area contributed by atoms with Gasteiger partial charge in [0, 0.05) is 28.6 Å². The van der Waals surface area contributed by atoms with Crippen molar-refractivity contribution >= 4 is 39.1 Å². The van der Waals surface area contributed by atoms with Gasteiger partial charge >= 0.3 is 0 Å². The van der Waals surface area contributed by atoms with E-state index in [0.717, 1.165) is 16.3 Å². The highest BCUT2D eigenvalue weighted by Gasteiger charge is 2.24. The van der Waals surface area contributed by atoms with Crippen LogP contribution in [-0.4, -0.2) is 29.9 Å². The molecule has 0 fully saturated rings. The monoisotopic (exact) mass is 541 g/mol. The van der Waals surface area contributed by atoms with Gasteiger partial charge < -0.3 is 10.2 Å². The number of aryl methyl sites for hydroxylation is 3. The van der Waals surface area contributed by atoms with E-state index < -0.39 is 17.7 Å². The largest absolute Gasteiger partial charge is 0.345 e. The van der Waals surface area contributed by atoms with E-state index in [1.807, 2.05) is 12.1 Å². The highest BCUT2D eigenvalue weighted by Crippen LogP contribution is 2.24. The van der Waals surface area contributed by atoms with Gasteiger partial charge in [-0.15, -0.1) is 11.3 Å². The van der Waals surface area contributed by atoms with Gasteiger partial charge in [0.2, 0.25) is 11.8 Å². The molecule has 5 nitrogen and oxygen atoms in total. The molecule has 0 saturated carbocycles. The Kier molecular flexibility index (Phi) is 10.5. The van der Waals surface area contributed by atoms with Crippen LogP contribution in [0.25, 0.3) is 10.2 Å². The van der Waals surface area contributed by atoms with Crippen LogP contribution < -0.4 is 10.2 Å². The molecule has 0 aliphatic carbocycles. The molecular formula is C30H37F2N3O2S. The number of benzene rings is 3. The molecule has 3 aromatic carbocycles. The summed E-state index contributed by atoms with van der Waals surface area (Å²) in [5, 5.41) is 2.63. The fourth-order valence-corrected chi connectivity index (χ4v) is 4.80. The lowest BCUT2D eigenvalue weighted by Gasteiger charge is -2.24. The van der Waals surface area contributed by atoms with Crippen LogP contribution in [0.2, 0.25) is 0 Å². The van der Waals surface area contributed by atoms with Crippen molar-refractivity contribution in [2.45, 2.75) is 52.5 Å². The average Bonchev–Trinajstić information content (AvgIpc) is 3.35. The van der Waals surface area contributed by atoms with E-state index >= 15 is 0 Å². The second-order valence-electron chi connectivity index (χ2n) is 9.15. The van der Waals surface area contributed by atoms with Crippen LogP contribution in [0.15, 0.2) is 66.2 Å². The number of anilines is 1. The summed E-state index contributed by atoms with van der Waals surface area (Å²) in [6.45, 7) is 5.71. The smallest absolute Gasteiger partial charge is 0.249 e. The molecule has 204 valence electrons. The third-order valence-electron chi connectivity index (χ3n) is 6.13. The van der Waals surface area contributed by atoms with Gasteiger partial charge in [-0.3, -0.25) is 9.59 Å². The zero-order valence-corrected chi connectivity index (χ0v) is 22.9. The molecular weight excluding hydrogens is 504 g/mol. The summed E-state index contributed by atoms with van der Waals surface area (Å²) < 4.78 is 27.8. The number of amides is 2. The molecule has 1 heterocycles. The van der Waals surface area contributed by atoms with Crippen molar-refractivity contribution < 1.29 is 21.2 Å². The van der Waals surface area contributed by atoms with Crippen LogP contribution in [0.5, 0.6) is 0 Å². The Morgan fingerprint density at radius 2 is 1.76 bits per heavy atom. The number of hydrogen-bond donors (Lipinski definition) is 1. The van der Waals surface area contributed by atoms with Gasteiger partial charge in [-0.05, 0) is 73.2 Å². The molecule has 1 aromatic heterocycles. The molecule has 2 amide bonds. The Morgan fingerprint density at radius 3 is 2.42 bits per heavy atom. The normalized spacial score (nSPS) is 11.4. The van der Waals surface area contributed by atoms with Gasteiger partial charge in [0.25, 0.3) is 0 Å². The number of fused-ring (bicyclic) bond motifs is 1. The van der Waals surface area contributed by atoms with Crippen molar-refractivity contribution in [2.75, 3.05) is 11.9 Å². The molecule has 0 bridgehead atoms. The number of rotatable bonds is 8. The molecule has 8 heteroatoms. The maximum Gasteiger partial charge on any atom is 0.249 e. The Hall–Kier alpha value is -3.65. The summed E-state index contributed by atoms with van der Waals surface area (Å²) in [5.41, 5.74) is 6.50. The maximum absolute atomic E-state index is 13.4. The molecule has 0 radical (unpaired) electrons. The SMILES string of the molecule is CC(=O)N[C@@H](CCc1cc(F)cc(F)c1)C(=O)N(C)c1ccc2scnc2c1.CCCc1ccccc1C.[HH].[HH]. The zero-order chi connectivity index (χ0) is 27.7. The van der Waals surface area contributed by atoms with Crippen molar-refractivity contribution in [2.24, 2.45) is 0 Å². The van der Waals surface area contributed by atoms with Crippen LogP contribution >= 0.6 is 11.3 Å². The van der Waals surface area contributed by atoms with Crippen molar-refractivity contribution in [3.63, 3.8) is 0 Å². The first-order valence-corrected chi connectivity index (χ1v) is 13.4. The maximum atomic E-state index is 13.4. The molecule has 1 atom stereocenters. The van der Waals surface area contributed by atoms with Gasteiger partial charge in [-0.25, -0.2) is 13.8 Å². The number of halogens is 2. The number of thiazole rings is 1. The van der Waals surface area contributed by atoms with Crippen molar-refractivity contribution in [3.8, 4) is 0 Å². The second-order valence-corrected chi connectivity index (χ2v) is 10.0. The quantitative estimate of drug-likeness (QED) is 0.258. The van der Waals surface area contributed by atoms with Crippen LogP contribution in [0, 0.1) is 18.6 Å². The number of likely N-dealkylation sites (N-methyl/N-ethyl adjacent to an activating group) is 1. The van der Waals surface area contributed by atoms with Crippen LogP contribution in [0.3, 0.4) is 0 Å². The predicted molar refractivity (Wildman–Crippen MR) is 155 cm³/mol. The molecule has 0 aliphatic rings. The fraction of sp³-hybridized carbons (Fsp3) is 0.300. The minimum atomic E-state index is -0.819. The first-order chi connectivity index (χ1) is 18.2. The minimum absolute atomic E-state index is 0. The van der Waals surface area contributed by atoms with Gasteiger partial charge in [0.05, 0.1) is 15.7 Å². The number of hydrogen-bond acceptors (Lipinski definition) is 4. The summed E-state index contributed by atoms with van der Waals surface area (Å²) in [6, 6.07) is 16.5. The molecule has 0 saturated heterocycles. The minimum Gasteiger partial charge on any atom is -0.345 e. The van der Waals surface area contributed by atoms with Gasteiger partial charge in [-0.2, -0.15) is 0 Å². The molecule has 0 aliphatic heterocycles. The fourth-order valence-electron chi connectivity index (χ4n) is 4.14. The van der Waals surface area contributed by atoms with Crippen molar-refractivity contribution in [1.29, 1.82) is 0 Å². The van der Waals surface area contributed by atoms with E-state index in [4.69, 9.17) is 0 Å². The molecule has 0 unspecified atom stereocenters. The predicted octanol–water partition coefficient (Wildman–Crippen LogP) is 7.11. The Balaban J connectivity index is 0.000000567. The Labute approximate surface area is 229 Å². The number of nitrogens with one attached hydrogen (secondary N) is 1. The van der Waals surface area contributed by atoms with E-state index in [9.17, 15) is 18.4 Å². The summed E-state index contributed by atoms with van der Waals surface area (Å²) >= 11 is 1.51. The topological polar surface area (TPSA) is 62.3 Å². The number of carbonyl (C=O) groups excluding carboxylic acids is 2. The van der Waals surface area contributed by atoms with Gasteiger partial charge in [0.15, 0.2) is 0 Å². The Bertz CT molecular complexity index is 1380. The molecule has 38 heavy (non-hydrogen) atoms. The van der Waals surface area contributed by atoms with E-state index in [1.165, 1.54) is 59.3 Å². The highest BCUT2D eigenvalue weighted by atomic mass is 32.1. The molecule has 1 N–H and O–H groups in total. The van der Waals surface area contributed by atoms with E-state index in [-0.39, 0.29) is 27.5 Å². The third-order valence-corrected chi connectivity index (χ3v) is 6.94. The van der Waals surface area contributed by atoms with E-state index in [1.54, 1.807) is 18.6 Å². The summed E-state index contributed by atoms with van der Waals surface area (Å²) in [4.78, 5) is 30.2. The second kappa shape index (κ2) is 13.8. The molecule has 4 rings (SSSR count). The van der Waals surface area contributed by atoms with Crippen LogP contribution in [0.1, 0.15) is 46.2 Å². The van der Waals surface area contributed by atoms with Crippen molar-refractivity contribution in [1.82, 2.24) is 10.3 Å². The molecule has 0 spiro atoms. The number of nitrogens with zero attached hydrogens (tertiary/aromatic N) is 2. The number of carbonyl (C=O) groups is 2. The lowest BCUT2D eigenvalue weighted by molar-refractivity contribution is -0.126. The zero-order valence-electron chi connectivity index (χ0n) is 22.1. The lowest BCUT2D eigenvalue weighted by atomic mass is 10.0. The van der Waals surface area contributed by atoms with Crippen LogP contribution in [-0.2, 0) is 22.4 Å².